The molecule has 41 heavy (non-hydrogen) atoms. The molecule has 0 fully saturated rings. The molecule has 0 N–H and O–H groups in total. The summed E-state index contributed by atoms with van der Waals surface area (Å²) >= 11 is 0. The van der Waals surface area contributed by atoms with Crippen molar-refractivity contribution in [1.29, 1.82) is 0 Å². The van der Waals surface area contributed by atoms with Crippen LogP contribution in [-0.2, 0) is 5.41 Å². The van der Waals surface area contributed by atoms with Crippen LogP contribution in [0.25, 0.3) is 6.08 Å². The number of anilines is 1. The lowest BCUT2D eigenvalue weighted by molar-refractivity contribution is -0.173. The molecule has 2 aliphatic rings. The smallest absolute Gasteiger partial charge is 0.277 e. The van der Waals surface area contributed by atoms with Crippen molar-refractivity contribution < 1.29 is 32.3 Å². The number of halogens is 3. The summed E-state index contributed by atoms with van der Waals surface area (Å²) in [7, 11) is 1.26. The number of hydrogen-bond acceptors (Lipinski definition) is 4. The van der Waals surface area contributed by atoms with E-state index < -0.39 is 35.2 Å². The van der Waals surface area contributed by atoms with Gasteiger partial charge in [-0.05, 0) is 97.8 Å². The van der Waals surface area contributed by atoms with E-state index in [1.54, 1.807) is 19.9 Å². The van der Waals surface area contributed by atoms with Crippen LogP contribution in [0.3, 0.4) is 0 Å². The van der Waals surface area contributed by atoms with Gasteiger partial charge in [0, 0.05) is 7.05 Å². The highest BCUT2D eigenvalue weighted by molar-refractivity contribution is 6.35. The molecule has 9 heteroatoms. The van der Waals surface area contributed by atoms with Gasteiger partial charge in [0.15, 0.2) is 0 Å². The number of hydrogen-bond donors (Lipinski definition) is 0. The maximum atomic E-state index is 14.9. The van der Waals surface area contributed by atoms with Crippen molar-refractivity contribution in [2.24, 2.45) is 0 Å². The van der Waals surface area contributed by atoms with E-state index >= 15 is 0 Å². The van der Waals surface area contributed by atoms with Crippen LogP contribution in [0.1, 0.15) is 87.3 Å². The van der Waals surface area contributed by atoms with Gasteiger partial charge in [-0.25, -0.2) is 4.90 Å². The van der Waals surface area contributed by atoms with E-state index in [2.05, 4.69) is 6.58 Å². The average Bonchev–Trinajstić information content (AvgIpc) is 3.30. The van der Waals surface area contributed by atoms with Crippen molar-refractivity contribution in [3.63, 3.8) is 0 Å². The Balaban J connectivity index is 1.67. The van der Waals surface area contributed by atoms with Crippen molar-refractivity contribution in [3.05, 3.63) is 104 Å². The molecule has 0 aromatic heterocycles. The molecule has 210 valence electrons. The molecule has 6 nitrogen and oxygen atoms in total. The van der Waals surface area contributed by atoms with Gasteiger partial charge in [-0.1, -0.05) is 24.8 Å². The monoisotopic (exact) mass is 560 g/mol. The maximum Gasteiger partial charge on any atom is 0.402 e. The Morgan fingerprint density at radius 1 is 0.683 bits per heavy atom. The topological polar surface area (TPSA) is 74.8 Å². The number of benzene rings is 3. The van der Waals surface area contributed by atoms with Crippen LogP contribution in [-0.4, -0.2) is 41.8 Å². The van der Waals surface area contributed by atoms with Gasteiger partial charge in [0.05, 0.1) is 27.9 Å². The fourth-order valence-corrected chi connectivity index (χ4v) is 5.91. The third-order valence-corrected chi connectivity index (χ3v) is 8.77. The highest BCUT2D eigenvalue weighted by Crippen LogP contribution is 2.48. The lowest BCUT2D eigenvalue weighted by atomic mass is 9.74. The van der Waals surface area contributed by atoms with Gasteiger partial charge in [-0.2, -0.15) is 13.2 Å². The minimum absolute atomic E-state index is 0.00296. The van der Waals surface area contributed by atoms with Gasteiger partial charge in [-0.15, -0.1) is 0 Å². The van der Waals surface area contributed by atoms with E-state index in [0.717, 1.165) is 45.5 Å². The van der Waals surface area contributed by atoms with Crippen molar-refractivity contribution in [2.75, 3.05) is 11.9 Å². The molecule has 2 heterocycles. The summed E-state index contributed by atoms with van der Waals surface area (Å²) in [6.07, 6.45) is -3.21. The SMILES string of the molecule is C=Cc1c(C)c(C)c(C)c(N2C(=O)c3ccc(C(C)(c4ccc5c(c4)C(=O)N(C)C5=O)C(F)(F)F)cc3C2=O)c1C. The zero-order valence-electron chi connectivity index (χ0n) is 23.4. The first kappa shape index (κ1) is 28.0. The van der Waals surface area contributed by atoms with Gasteiger partial charge >= 0.3 is 6.18 Å². The molecule has 2 aliphatic heterocycles. The van der Waals surface area contributed by atoms with Crippen molar-refractivity contribution in [2.45, 2.75) is 46.2 Å². The largest absolute Gasteiger partial charge is 0.402 e. The fourth-order valence-electron chi connectivity index (χ4n) is 5.91. The fraction of sp³-hybridized carbons (Fsp3) is 0.250. The molecule has 0 radical (unpaired) electrons. The summed E-state index contributed by atoms with van der Waals surface area (Å²) in [5, 5.41) is 0. The van der Waals surface area contributed by atoms with Crippen LogP contribution in [0, 0.1) is 27.7 Å². The predicted octanol–water partition coefficient (Wildman–Crippen LogP) is 6.46. The summed E-state index contributed by atoms with van der Waals surface area (Å²) in [4.78, 5) is 54.0. The van der Waals surface area contributed by atoms with E-state index in [1.165, 1.54) is 31.3 Å². The second-order valence-corrected chi connectivity index (χ2v) is 10.7. The maximum absolute atomic E-state index is 14.9. The van der Waals surface area contributed by atoms with Crippen LogP contribution < -0.4 is 4.90 Å². The van der Waals surface area contributed by atoms with Gasteiger partial charge in [0.2, 0.25) is 0 Å². The molecule has 5 rings (SSSR count). The Labute approximate surface area is 235 Å². The molecule has 0 saturated carbocycles. The van der Waals surface area contributed by atoms with Crippen molar-refractivity contribution in [3.8, 4) is 0 Å². The third-order valence-electron chi connectivity index (χ3n) is 8.77. The quantitative estimate of drug-likeness (QED) is 0.344. The van der Waals surface area contributed by atoms with E-state index in [4.69, 9.17) is 0 Å². The standard InChI is InChI=1S/C32H27F3N2O4/c1-8-21-16(3)15(2)17(4)26(18(21)5)37-29(40)23-12-10-20(14-25(23)30(37)41)31(6,32(33,34)35)19-9-11-22-24(13-19)28(39)36(7)27(22)38/h8-14H,1H2,2-7H3. The van der Waals surface area contributed by atoms with Gasteiger partial charge in [0.1, 0.15) is 5.41 Å². The first-order valence-corrected chi connectivity index (χ1v) is 12.9. The number of carbonyl (C=O) groups is 4. The normalized spacial score (nSPS) is 16.3. The molecule has 4 amide bonds. The summed E-state index contributed by atoms with van der Waals surface area (Å²) in [5.74, 6) is -2.64. The molecule has 3 aromatic rings. The molecular formula is C32H27F3N2O4. The van der Waals surface area contributed by atoms with E-state index in [0.29, 0.717) is 16.8 Å². The summed E-state index contributed by atoms with van der Waals surface area (Å²) < 4.78 is 44.6. The Hall–Kier alpha value is -4.53. The van der Waals surface area contributed by atoms with Crippen molar-refractivity contribution >= 4 is 35.4 Å². The van der Waals surface area contributed by atoms with E-state index in [-0.39, 0.29) is 33.4 Å². The summed E-state index contributed by atoms with van der Waals surface area (Å²) in [6.45, 7) is 12.2. The number of fused-ring (bicyclic) bond motifs is 2. The molecule has 1 unspecified atom stereocenters. The van der Waals surface area contributed by atoms with Crippen molar-refractivity contribution in [1.82, 2.24) is 4.90 Å². The molecule has 0 spiro atoms. The minimum atomic E-state index is -4.86. The summed E-state index contributed by atoms with van der Waals surface area (Å²) in [6, 6.07) is 6.99. The first-order valence-electron chi connectivity index (χ1n) is 12.9. The molecular weight excluding hydrogens is 533 g/mol. The Kier molecular flexibility index (Phi) is 6.14. The predicted molar refractivity (Wildman–Crippen MR) is 148 cm³/mol. The number of carbonyl (C=O) groups excluding carboxylic acids is 4. The van der Waals surface area contributed by atoms with Gasteiger partial charge in [-0.3, -0.25) is 24.1 Å². The summed E-state index contributed by atoms with van der Waals surface area (Å²) in [5.41, 5.74) is 0.905. The molecule has 1 atom stereocenters. The zero-order chi connectivity index (χ0) is 30.3. The third kappa shape index (κ3) is 3.64. The highest BCUT2D eigenvalue weighted by Gasteiger charge is 2.55. The second-order valence-electron chi connectivity index (χ2n) is 10.7. The lowest BCUT2D eigenvalue weighted by Crippen LogP contribution is -2.41. The zero-order valence-corrected chi connectivity index (χ0v) is 23.4. The van der Waals surface area contributed by atoms with Crippen LogP contribution in [0.4, 0.5) is 18.9 Å². The molecule has 0 aliphatic carbocycles. The molecule has 0 saturated heterocycles. The Bertz CT molecular complexity index is 1750. The highest BCUT2D eigenvalue weighted by atomic mass is 19.4. The number of amides is 4. The number of rotatable bonds is 4. The van der Waals surface area contributed by atoms with Gasteiger partial charge < -0.3 is 0 Å². The van der Waals surface area contributed by atoms with Crippen LogP contribution >= 0.6 is 0 Å². The van der Waals surface area contributed by atoms with Crippen LogP contribution in [0.15, 0.2) is 43.0 Å². The molecule has 0 bridgehead atoms. The van der Waals surface area contributed by atoms with Crippen LogP contribution in [0.2, 0.25) is 0 Å². The number of nitrogens with zero attached hydrogens (tertiary/aromatic N) is 2. The first-order chi connectivity index (χ1) is 19.1. The second kappa shape index (κ2) is 8.99. The van der Waals surface area contributed by atoms with Crippen LogP contribution in [0.5, 0.6) is 0 Å². The average molecular weight is 561 g/mol. The number of alkyl halides is 3. The van der Waals surface area contributed by atoms with E-state index in [1.807, 2.05) is 13.8 Å². The Morgan fingerprint density at radius 3 is 1.66 bits per heavy atom. The lowest BCUT2D eigenvalue weighted by Gasteiger charge is -2.33. The molecule has 3 aromatic carbocycles. The minimum Gasteiger partial charge on any atom is -0.277 e. The Morgan fingerprint density at radius 2 is 1.15 bits per heavy atom. The van der Waals surface area contributed by atoms with E-state index in [9.17, 15) is 32.3 Å². The number of imide groups is 2. The van der Waals surface area contributed by atoms with Gasteiger partial charge in [0.25, 0.3) is 23.6 Å².